The Morgan fingerprint density at radius 1 is 1.17 bits per heavy atom. The summed E-state index contributed by atoms with van der Waals surface area (Å²) in [4.78, 5) is 23.5. The number of amides is 1. The van der Waals surface area contributed by atoms with E-state index < -0.39 is 17.7 Å². The molecule has 3 rings (SSSR count). The highest BCUT2D eigenvalue weighted by atomic mass is 32.2. The van der Waals surface area contributed by atoms with E-state index in [-0.39, 0.29) is 22.5 Å². The molecule has 11 heteroatoms. The zero-order valence-electron chi connectivity index (χ0n) is 15.6. The Balaban J connectivity index is 1.62. The minimum absolute atomic E-state index is 0.000523. The smallest absolute Gasteiger partial charge is 0.355 e. The second kappa shape index (κ2) is 9.70. The SMILES string of the molecule is O=C(CSc1nc(-c2ccc(F)cc2)cc(C(F)(F)F)n1)NCCCn1ccnc1. The molecular formula is C19H17F4N5OS. The minimum Gasteiger partial charge on any atom is -0.355 e. The van der Waals surface area contributed by atoms with Crippen molar-refractivity contribution in [1.82, 2.24) is 24.8 Å². The van der Waals surface area contributed by atoms with Gasteiger partial charge in [-0.2, -0.15) is 13.2 Å². The van der Waals surface area contributed by atoms with Crippen molar-refractivity contribution in [2.75, 3.05) is 12.3 Å². The third-order valence-electron chi connectivity index (χ3n) is 3.94. The van der Waals surface area contributed by atoms with Gasteiger partial charge in [0, 0.05) is 31.0 Å². The summed E-state index contributed by atoms with van der Waals surface area (Å²) in [7, 11) is 0. The Bertz CT molecular complexity index is 978. The van der Waals surface area contributed by atoms with E-state index in [0.717, 1.165) is 30.0 Å². The lowest BCUT2D eigenvalue weighted by molar-refractivity contribution is -0.141. The highest BCUT2D eigenvalue weighted by Crippen LogP contribution is 2.32. The van der Waals surface area contributed by atoms with Crippen LogP contribution in [0, 0.1) is 5.82 Å². The Hall–Kier alpha value is -2.95. The minimum atomic E-state index is -4.68. The standard InChI is InChI=1S/C19H17F4N5OS/c20-14-4-2-13(3-5-14)15-10-16(19(21,22)23)27-18(26-15)30-11-17(29)25-6-1-8-28-9-7-24-12-28/h2-5,7,9-10,12H,1,6,8,11H2,(H,25,29). The number of nitrogens with one attached hydrogen (secondary N) is 1. The number of thioether (sulfide) groups is 1. The molecular weight excluding hydrogens is 422 g/mol. The van der Waals surface area contributed by atoms with E-state index in [0.29, 0.717) is 25.1 Å². The van der Waals surface area contributed by atoms with E-state index in [2.05, 4.69) is 20.3 Å². The van der Waals surface area contributed by atoms with Gasteiger partial charge in [0.2, 0.25) is 5.91 Å². The van der Waals surface area contributed by atoms with Gasteiger partial charge in [0.15, 0.2) is 5.16 Å². The molecule has 158 valence electrons. The first-order valence-corrected chi connectivity index (χ1v) is 9.87. The fourth-order valence-electron chi connectivity index (χ4n) is 2.49. The maximum atomic E-state index is 13.2. The van der Waals surface area contributed by atoms with E-state index in [1.54, 1.807) is 18.7 Å². The van der Waals surface area contributed by atoms with E-state index in [4.69, 9.17) is 0 Å². The number of aromatic nitrogens is 4. The zero-order valence-corrected chi connectivity index (χ0v) is 16.4. The summed E-state index contributed by atoms with van der Waals surface area (Å²) in [5.41, 5.74) is -0.810. The monoisotopic (exact) mass is 439 g/mol. The molecule has 0 unspecified atom stereocenters. The van der Waals surface area contributed by atoms with Gasteiger partial charge < -0.3 is 9.88 Å². The molecule has 1 amide bonds. The summed E-state index contributed by atoms with van der Waals surface area (Å²) in [6.07, 6.45) is 1.14. The average molecular weight is 439 g/mol. The molecule has 0 aliphatic carbocycles. The normalized spacial score (nSPS) is 11.5. The van der Waals surface area contributed by atoms with Crippen molar-refractivity contribution >= 4 is 17.7 Å². The number of hydrogen-bond acceptors (Lipinski definition) is 5. The highest BCUT2D eigenvalue weighted by Gasteiger charge is 2.34. The molecule has 0 radical (unpaired) electrons. The van der Waals surface area contributed by atoms with Crippen molar-refractivity contribution in [3.63, 3.8) is 0 Å². The van der Waals surface area contributed by atoms with Gasteiger partial charge in [-0.25, -0.2) is 19.3 Å². The zero-order chi connectivity index (χ0) is 21.6. The highest BCUT2D eigenvalue weighted by molar-refractivity contribution is 7.99. The van der Waals surface area contributed by atoms with Crippen LogP contribution in [0.5, 0.6) is 0 Å². The van der Waals surface area contributed by atoms with Crippen LogP contribution in [-0.2, 0) is 17.5 Å². The maximum absolute atomic E-state index is 13.2. The molecule has 1 aromatic carbocycles. The van der Waals surface area contributed by atoms with Gasteiger partial charge in [0.25, 0.3) is 0 Å². The maximum Gasteiger partial charge on any atom is 0.433 e. The van der Waals surface area contributed by atoms with Crippen LogP contribution in [0.4, 0.5) is 17.6 Å². The number of hydrogen-bond donors (Lipinski definition) is 1. The van der Waals surface area contributed by atoms with Crippen LogP contribution in [-0.4, -0.2) is 37.7 Å². The first-order chi connectivity index (χ1) is 14.3. The lowest BCUT2D eigenvalue weighted by atomic mass is 10.1. The molecule has 3 aromatic rings. The molecule has 0 saturated heterocycles. The van der Waals surface area contributed by atoms with Crippen LogP contribution >= 0.6 is 11.8 Å². The molecule has 30 heavy (non-hydrogen) atoms. The lowest BCUT2D eigenvalue weighted by Crippen LogP contribution is -2.27. The molecule has 2 aromatic heterocycles. The molecule has 0 atom stereocenters. The van der Waals surface area contributed by atoms with Crippen LogP contribution in [0.2, 0.25) is 0 Å². The van der Waals surface area contributed by atoms with Gasteiger partial charge in [-0.15, -0.1) is 0 Å². The van der Waals surface area contributed by atoms with Crippen LogP contribution < -0.4 is 5.32 Å². The van der Waals surface area contributed by atoms with Crippen LogP contribution in [0.1, 0.15) is 12.1 Å². The average Bonchev–Trinajstić information content (AvgIpc) is 3.23. The van der Waals surface area contributed by atoms with Crippen LogP contribution in [0.3, 0.4) is 0 Å². The fraction of sp³-hybridized carbons (Fsp3) is 0.263. The predicted molar refractivity (Wildman–Crippen MR) is 103 cm³/mol. The summed E-state index contributed by atoms with van der Waals surface area (Å²) in [5, 5.41) is 2.52. The number of alkyl halides is 3. The van der Waals surface area contributed by atoms with Crippen molar-refractivity contribution in [2.45, 2.75) is 24.3 Å². The lowest BCUT2D eigenvalue weighted by Gasteiger charge is -2.11. The largest absolute Gasteiger partial charge is 0.433 e. The summed E-state index contributed by atoms with van der Waals surface area (Å²) in [6, 6.07) is 5.73. The summed E-state index contributed by atoms with van der Waals surface area (Å²) in [6.45, 7) is 1.10. The molecule has 0 spiro atoms. The summed E-state index contributed by atoms with van der Waals surface area (Å²) in [5.74, 6) is -0.979. The number of imidazole rings is 1. The Kier molecular flexibility index (Phi) is 7.03. The van der Waals surface area contributed by atoms with E-state index in [1.165, 1.54) is 12.1 Å². The molecule has 2 heterocycles. The second-order valence-corrected chi connectivity index (χ2v) is 7.16. The number of halogens is 4. The van der Waals surface area contributed by atoms with Gasteiger partial charge in [0.1, 0.15) is 11.5 Å². The molecule has 6 nitrogen and oxygen atoms in total. The van der Waals surface area contributed by atoms with Gasteiger partial charge in [-0.05, 0) is 36.8 Å². The Labute approximate surface area is 173 Å². The van der Waals surface area contributed by atoms with Crippen LogP contribution in [0.15, 0.2) is 54.2 Å². The first-order valence-electron chi connectivity index (χ1n) is 8.89. The summed E-state index contributed by atoms with van der Waals surface area (Å²) >= 11 is 0.803. The number of nitrogens with zero attached hydrogens (tertiary/aromatic N) is 4. The molecule has 0 bridgehead atoms. The van der Waals surface area contributed by atoms with Gasteiger partial charge in [-0.1, -0.05) is 11.8 Å². The second-order valence-electron chi connectivity index (χ2n) is 6.22. The first kappa shape index (κ1) is 21.8. The van der Waals surface area contributed by atoms with E-state index in [1.807, 2.05) is 4.57 Å². The van der Waals surface area contributed by atoms with Crippen molar-refractivity contribution in [3.05, 3.63) is 60.6 Å². The Morgan fingerprint density at radius 2 is 1.93 bits per heavy atom. The van der Waals surface area contributed by atoms with Crippen molar-refractivity contribution < 1.29 is 22.4 Å². The van der Waals surface area contributed by atoms with E-state index in [9.17, 15) is 22.4 Å². The third kappa shape index (κ3) is 6.28. The molecule has 0 fully saturated rings. The molecule has 1 N–H and O–H groups in total. The van der Waals surface area contributed by atoms with Gasteiger partial charge in [0.05, 0.1) is 17.8 Å². The molecule has 0 aliphatic heterocycles. The fourth-order valence-corrected chi connectivity index (χ4v) is 3.18. The quantitative estimate of drug-likeness (QED) is 0.250. The number of rotatable bonds is 8. The van der Waals surface area contributed by atoms with E-state index >= 15 is 0 Å². The van der Waals surface area contributed by atoms with Gasteiger partial charge >= 0.3 is 6.18 Å². The summed E-state index contributed by atoms with van der Waals surface area (Å²) < 4.78 is 54.6. The number of aryl methyl sites for hydroxylation is 1. The Morgan fingerprint density at radius 3 is 2.60 bits per heavy atom. The number of benzene rings is 1. The molecule has 0 saturated carbocycles. The number of carbonyl (C=O) groups is 1. The van der Waals surface area contributed by atoms with Crippen molar-refractivity contribution in [3.8, 4) is 11.3 Å². The van der Waals surface area contributed by atoms with Crippen molar-refractivity contribution in [1.29, 1.82) is 0 Å². The number of carbonyl (C=O) groups excluding carboxylic acids is 1. The third-order valence-corrected chi connectivity index (χ3v) is 4.79. The predicted octanol–water partition coefficient (Wildman–Crippen LogP) is 3.80. The molecule has 0 aliphatic rings. The topological polar surface area (TPSA) is 72.7 Å². The van der Waals surface area contributed by atoms with Crippen molar-refractivity contribution in [2.24, 2.45) is 0 Å². The van der Waals surface area contributed by atoms with Crippen LogP contribution in [0.25, 0.3) is 11.3 Å². The van der Waals surface area contributed by atoms with Gasteiger partial charge in [-0.3, -0.25) is 4.79 Å².